The number of hydrogen-bond acceptors (Lipinski definition) is 4. The summed E-state index contributed by atoms with van der Waals surface area (Å²) >= 11 is 13.3. The van der Waals surface area contributed by atoms with Gasteiger partial charge in [0.05, 0.1) is 15.6 Å². The molecule has 2 aromatic rings. The SMILES string of the molecule is CN=C(/C(Cl)=C\N)c1cc(C(=O)NC(C[NH-])Cc2ccc(F)c(F)c2)sc1Cl. The molecule has 0 fully saturated rings. The molecule has 1 amide bonds. The van der Waals surface area contributed by atoms with Crippen molar-refractivity contribution in [2.24, 2.45) is 10.7 Å². The molecule has 0 saturated carbocycles. The van der Waals surface area contributed by atoms with Crippen LogP contribution in [0.2, 0.25) is 4.34 Å². The van der Waals surface area contributed by atoms with Crippen molar-refractivity contribution in [1.82, 2.24) is 5.32 Å². The largest absolute Gasteiger partial charge is 0.676 e. The normalized spacial score (nSPS) is 13.5. The summed E-state index contributed by atoms with van der Waals surface area (Å²) in [5.74, 6) is -2.37. The average molecular weight is 446 g/mol. The van der Waals surface area contributed by atoms with Crippen LogP contribution in [0.25, 0.3) is 5.73 Å². The van der Waals surface area contributed by atoms with E-state index in [1.54, 1.807) is 0 Å². The highest BCUT2D eigenvalue weighted by atomic mass is 35.5. The zero-order chi connectivity index (χ0) is 20.8. The number of nitrogens with one attached hydrogen (secondary N) is 2. The van der Waals surface area contributed by atoms with Gasteiger partial charge >= 0.3 is 0 Å². The molecular formula is C18H17Cl2F2N4OS-. The van der Waals surface area contributed by atoms with Crippen LogP contribution < -0.4 is 11.1 Å². The van der Waals surface area contributed by atoms with E-state index in [1.165, 1.54) is 25.4 Å². The topological polar surface area (TPSA) is 91.3 Å². The number of halogens is 4. The van der Waals surface area contributed by atoms with E-state index in [1.807, 2.05) is 0 Å². The standard InChI is InChI=1S/C18H17Cl2F2N4OS/c1-25-16(12(19)8-24)11-6-15(28-17(11)20)18(27)26-10(7-23)4-9-2-3-13(21)14(22)5-9/h2-3,5-6,8,10,23H,4,7,24H2,1H3,(H,26,27)/q-1/b12-8+,25-16?. The maximum absolute atomic E-state index is 13.4. The highest BCUT2D eigenvalue weighted by molar-refractivity contribution is 7.18. The number of benzene rings is 1. The minimum Gasteiger partial charge on any atom is -0.676 e. The van der Waals surface area contributed by atoms with E-state index in [-0.39, 0.29) is 18.0 Å². The molecule has 0 aliphatic carbocycles. The molecule has 4 N–H and O–H groups in total. The van der Waals surface area contributed by atoms with Gasteiger partial charge in [0.15, 0.2) is 11.6 Å². The Hall–Kier alpha value is -2.00. The summed E-state index contributed by atoms with van der Waals surface area (Å²) in [5.41, 5.74) is 14.3. The molecule has 0 bridgehead atoms. The predicted molar refractivity (Wildman–Crippen MR) is 110 cm³/mol. The molecule has 5 nitrogen and oxygen atoms in total. The number of hydrogen-bond donors (Lipinski definition) is 2. The lowest BCUT2D eigenvalue weighted by atomic mass is 10.1. The second-order valence-electron chi connectivity index (χ2n) is 5.71. The van der Waals surface area contributed by atoms with Gasteiger partial charge in [0, 0.05) is 24.9 Å². The van der Waals surface area contributed by atoms with Gasteiger partial charge in [-0.15, -0.1) is 17.9 Å². The molecule has 1 unspecified atom stereocenters. The molecule has 0 saturated heterocycles. The molecule has 1 aromatic carbocycles. The summed E-state index contributed by atoms with van der Waals surface area (Å²) in [7, 11) is 1.52. The lowest BCUT2D eigenvalue weighted by Crippen LogP contribution is -2.37. The first-order chi connectivity index (χ1) is 13.3. The van der Waals surface area contributed by atoms with Gasteiger partial charge < -0.3 is 16.8 Å². The zero-order valence-electron chi connectivity index (χ0n) is 14.7. The third-order valence-corrected chi connectivity index (χ3v) is 5.47. The van der Waals surface area contributed by atoms with Gasteiger partial charge in [-0.3, -0.25) is 9.79 Å². The molecule has 0 aliphatic rings. The van der Waals surface area contributed by atoms with Crippen LogP contribution in [-0.2, 0) is 6.42 Å². The van der Waals surface area contributed by atoms with E-state index in [2.05, 4.69) is 10.3 Å². The van der Waals surface area contributed by atoms with E-state index >= 15 is 0 Å². The number of nitrogens with two attached hydrogens (primary N) is 1. The second kappa shape index (κ2) is 9.97. The number of carbonyl (C=O) groups excluding carboxylic acids is 1. The predicted octanol–water partition coefficient (Wildman–Crippen LogP) is 4.53. The van der Waals surface area contributed by atoms with Crippen molar-refractivity contribution in [3.63, 3.8) is 0 Å². The second-order valence-corrected chi connectivity index (χ2v) is 7.77. The average Bonchev–Trinajstić information content (AvgIpc) is 3.06. The molecule has 28 heavy (non-hydrogen) atoms. The van der Waals surface area contributed by atoms with Crippen molar-refractivity contribution in [3.05, 3.63) is 73.2 Å². The van der Waals surface area contributed by atoms with Crippen LogP contribution in [0.3, 0.4) is 0 Å². The van der Waals surface area contributed by atoms with Gasteiger partial charge in [-0.25, -0.2) is 8.78 Å². The Labute approximate surface area is 175 Å². The van der Waals surface area contributed by atoms with E-state index in [0.29, 0.717) is 26.1 Å². The maximum Gasteiger partial charge on any atom is 0.261 e. The van der Waals surface area contributed by atoms with Crippen molar-refractivity contribution in [1.29, 1.82) is 0 Å². The Bertz CT molecular complexity index is 930. The summed E-state index contributed by atoms with van der Waals surface area (Å²) in [4.78, 5) is 16.9. The van der Waals surface area contributed by atoms with Gasteiger partial charge in [0.25, 0.3) is 5.91 Å². The first-order valence-corrected chi connectivity index (χ1v) is 9.61. The lowest BCUT2D eigenvalue weighted by molar-refractivity contribution is 0.0943. The third kappa shape index (κ3) is 5.29. The first-order valence-electron chi connectivity index (χ1n) is 8.04. The summed E-state index contributed by atoms with van der Waals surface area (Å²) in [6.07, 6.45) is 1.36. The molecule has 0 radical (unpaired) electrons. The lowest BCUT2D eigenvalue weighted by Gasteiger charge is -2.20. The molecule has 2 rings (SSSR count). The number of allylic oxidation sites excluding steroid dienone is 1. The zero-order valence-corrected chi connectivity index (χ0v) is 17.1. The van der Waals surface area contributed by atoms with E-state index in [4.69, 9.17) is 34.7 Å². The number of aliphatic imine (C=N–C) groups is 1. The Kier molecular flexibility index (Phi) is 7.94. The fourth-order valence-electron chi connectivity index (χ4n) is 2.46. The van der Waals surface area contributed by atoms with Crippen molar-refractivity contribution >= 4 is 46.2 Å². The molecule has 1 aromatic heterocycles. The Morgan fingerprint density at radius 3 is 2.68 bits per heavy atom. The highest BCUT2D eigenvalue weighted by Gasteiger charge is 2.20. The van der Waals surface area contributed by atoms with Crippen molar-refractivity contribution in [2.75, 3.05) is 13.6 Å². The van der Waals surface area contributed by atoms with Gasteiger partial charge in [0.1, 0.15) is 4.34 Å². The number of thiophene rings is 1. The quantitative estimate of drug-likeness (QED) is 0.612. The van der Waals surface area contributed by atoms with Crippen LogP contribution in [0, 0.1) is 11.6 Å². The van der Waals surface area contributed by atoms with E-state index in [9.17, 15) is 13.6 Å². The number of nitrogens with zero attached hydrogens (tertiary/aromatic N) is 1. The molecular weight excluding hydrogens is 429 g/mol. The Morgan fingerprint density at radius 2 is 2.11 bits per heavy atom. The van der Waals surface area contributed by atoms with Crippen molar-refractivity contribution < 1.29 is 13.6 Å². The molecule has 10 heteroatoms. The van der Waals surface area contributed by atoms with Crippen molar-refractivity contribution in [3.8, 4) is 0 Å². The Balaban J connectivity index is 2.16. The fourth-order valence-corrected chi connectivity index (χ4v) is 3.83. The molecule has 1 atom stereocenters. The van der Waals surface area contributed by atoms with Crippen LogP contribution in [-0.4, -0.2) is 31.3 Å². The van der Waals surface area contributed by atoms with Gasteiger partial charge in [-0.05, 0) is 30.2 Å². The van der Waals surface area contributed by atoms with Crippen LogP contribution in [0.1, 0.15) is 20.8 Å². The minimum absolute atomic E-state index is 0.139. The number of amides is 1. The van der Waals surface area contributed by atoms with Gasteiger partial charge in [-0.1, -0.05) is 29.3 Å². The van der Waals surface area contributed by atoms with Crippen LogP contribution in [0.4, 0.5) is 8.78 Å². The van der Waals surface area contributed by atoms with Gasteiger partial charge in [-0.2, -0.15) is 0 Å². The highest BCUT2D eigenvalue weighted by Crippen LogP contribution is 2.30. The summed E-state index contributed by atoms with van der Waals surface area (Å²) in [5, 5.41) is 2.89. The Morgan fingerprint density at radius 1 is 1.39 bits per heavy atom. The fraction of sp³-hybridized carbons (Fsp3) is 0.222. The van der Waals surface area contributed by atoms with Crippen molar-refractivity contribution in [2.45, 2.75) is 12.5 Å². The summed E-state index contributed by atoms with van der Waals surface area (Å²) in [6, 6.07) is 4.43. The smallest absolute Gasteiger partial charge is 0.261 e. The minimum atomic E-state index is -0.974. The summed E-state index contributed by atoms with van der Waals surface area (Å²) in [6.45, 7) is -0.139. The third-order valence-electron chi connectivity index (χ3n) is 3.81. The van der Waals surface area contributed by atoms with Crippen LogP contribution in [0.15, 0.2) is 40.5 Å². The molecule has 0 spiro atoms. The molecule has 1 heterocycles. The monoisotopic (exact) mass is 445 g/mol. The maximum atomic E-state index is 13.4. The van der Waals surface area contributed by atoms with Gasteiger partial charge in [0.2, 0.25) is 0 Å². The number of rotatable bonds is 7. The van der Waals surface area contributed by atoms with E-state index < -0.39 is 23.6 Å². The van der Waals surface area contributed by atoms with Crippen LogP contribution >= 0.6 is 34.5 Å². The first kappa shape index (κ1) is 22.3. The summed E-state index contributed by atoms with van der Waals surface area (Å²) < 4.78 is 26.7. The number of carbonyl (C=O) groups is 1. The van der Waals surface area contributed by atoms with E-state index in [0.717, 1.165) is 23.5 Å². The molecule has 150 valence electrons. The molecule has 0 aliphatic heterocycles. The van der Waals surface area contributed by atoms with Crippen LogP contribution in [0.5, 0.6) is 0 Å².